The van der Waals surface area contributed by atoms with Gasteiger partial charge in [-0.2, -0.15) is 5.26 Å². The number of hydrogen-bond acceptors (Lipinski definition) is 4. The van der Waals surface area contributed by atoms with Crippen molar-refractivity contribution in [2.45, 2.75) is 0 Å². The molecule has 0 aromatic carbocycles. The molecule has 38 valence electrons. The van der Waals surface area contributed by atoms with E-state index in [0.717, 1.165) is 0 Å². The zero-order valence-electron chi connectivity index (χ0n) is 3.94. The standard InChI is InChI=1S/C4H2N4/c5-3-4-1-2-6-8-7-4/h1-2H. The summed E-state index contributed by atoms with van der Waals surface area (Å²) in [5.41, 5.74) is 0.292. The SMILES string of the molecule is N#Cc1ccnnn1. The predicted molar refractivity (Wildman–Crippen MR) is 24.5 cm³/mol. The van der Waals surface area contributed by atoms with Gasteiger partial charge in [0.15, 0.2) is 5.69 Å². The van der Waals surface area contributed by atoms with E-state index in [9.17, 15) is 0 Å². The van der Waals surface area contributed by atoms with Crippen LogP contribution in [0.2, 0.25) is 0 Å². The van der Waals surface area contributed by atoms with Crippen LogP contribution in [0.25, 0.3) is 0 Å². The van der Waals surface area contributed by atoms with Crippen LogP contribution in [0.1, 0.15) is 5.69 Å². The summed E-state index contributed by atoms with van der Waals surface area (Å²) >= 11 is 0. The van der Waals surface area contributed by atoms with Crippen LogP contribution in [0.4, 0.5) is 0 Å². The Morgan fingerprint density at radius 3 is 2.88 bits per heavy atom. The second-order valence-electron chi connectivity index (χ2n) is 1.12. The van der Waals surface area contributed by atoms with E-state index in [0.29, 0.717) is 5.69 Å². The molecule has 4 nitrogen and oxygen atoms in total. The highest BCUT2D eigenvalue weighted by molar-refractivity contribution is 5.14. The number of aromatic nitrogens is 3. The van der Waals surface area contributed by atoms with Crippen LogP contribution in [-0.2, 0) is 0 Å². The van der Waals surface area contributed by atoms with E-state index in [1.54, 1.807) is 0 Å². The second-order valence-corrected chi connectivity index (χ2v) is 1.12. The van der Waals surface area contributed by atoms with E-state index in [4.69, 9.17) is 5.26 Å². The van der Waals surface area contributed by atoms with Gasteiger partial charge in [0.05, 0.1) is 6.20 Å². The molecule has 1 aromatic rings. The molecule has 0 aliphatic carbocycles. The number of nitriles is 1. The van der Waals surface area contributed by atoms with E-state index in [-0.39, 0.29) is 0 Å². The van der Waals surface area contributed by atoms with Crippen LogP contribution in [0.5, 0.6) is 0 Å². The molecule has 0 unspecified atom stereocenters. The van der Waals surface area contributed by atoms with Gasteiger partial charge in [-0.15, -0.1) is 10.2 Å². The Balaban J connectivity index is 3.05. The summed E-state index contributed by atoms with van der Waals surface area (Å²) in [6, 6.07) is 3.31. The summed E-state index contributed by atoms with van der Waals surface area (Å²) in [7, 11) is 0. The molecule has 0 aliphatic heterocycles. The van der Waals surface area contributed by atoms with Gasteiger partial charge < -0.3 is 0 Å². The highest BCUT2D eigenvalue weighted by Gasteiger charge is 1.84. The first-order valence-electron chi connectivity index (χ1n) is 1.98. The largest absolute Gasteiger partial charge is 0.191 e. The van der Waals surface area contributed by atoms with Gasteiger partial charge in [-0.3, -0.25) is 0 Å². The zero-order valence-corrected chi connectivity index (χ0v) is 3.94. The Bertz CT molecular complexity index is 199. The molecule has 1 aromatic heterocycles. The first-order valence-corrected chi connectivity index (χ1v) is 1.98. The maximum Gasteiger partial charge on any atom is 0.166 e. The van der Waals surface area contributed by atoms with Gasteiger partial charge in [-0.05, 0) is 11.3 Å². The van der Waals surface area contributed by atoms with Gasteiger partial charge in [-0.25, -0.2) is 0 Å². The van der Waals surface area contributed by atoms with Gasteiger partial charge in [0.1, 0.15) is 6.07 Å². The van der Waals surface area contributed by atoms with E-state index >= 15 is 0 Å². The monoisotopic (exact) mass is 106 g/mol. The van der Waals surface area contributed by atoms with Crippen LogP contribution >= 0.6 is 0 Å². The number of hydrogen-bond donors (Lipinski definition) is 0. The molecule has 1 rings (SSSR count). The molecule has 0 aliphatic rings. The van der Waals surface area contributed by atoms with Crippen molar-refractivity contribution in [2.75, 3.05) is 0 Å². The third-order valence-electron chi connectivity index (χ3n) is 0.618. The van der Waals surface area contributed by atoms with E-state index in [1.807, 2.05) is 6.07 Å². The van der Waals surface area contributed by atoms with Crippen molar-refractivity contribution in [3.63, 3.8) is 0 Å². The highest BCUT2D eigenvalue weighted by Crippen LogP contribution is 1.80. The smallest absolute Gasteiger partial charge is 0.166 e. The Labute approximate surface area is 45.8 Å². The van der Waals surface area contributed by atoms with Crippen LogP contribution in [0.15, 0.2) is 12.3 Å². The molecule has 0 radical (unpaired) electrons. The van der Waals surface area contributed by atoms with Crippen molar-refractivity contribution < 1.29 is 0 Å². The highest BCUT2D eigenvalue weighted by atomic mass is 15.3. The minimum absolute atomic E-state index is 0.292. The van der Waals surface area contributed by atoms with Crippen molar-refractivity contribution >= 4 is 0 Å². The van der Waals surface area contributed by atoms with Crippen LogP contribution in [-0.4, -0.2) is 15.4 Å². The fourth-order valence-electron chi connectivity index (χ4n) is 0.301. The Kier molecular flexibility index (Phi) is 1.15. The fourth-order valence-corrected chi connectivity index (χ4v) is 0.301. The van der Waals surface area contributed by atoms with Crippen molar-refractivity contribution in [3.8, 4) is 6.07 Å². The summed E-state index contributed by atoms with van der Waals surface area (Å²) in [5.74, 6) is 0. The minimum atomic E-state index is 0.292. The van der Waals surface area contributed by atoms with E-state index in [1.165, 1.54) is 12.3 Å². The summed E-state index contributed by atoms with van der Waals surface area (Å²) < 4.78 is 0. The first-order chi connectivity index (χ1) is 3.93. The zero-order chi connectivity index (χ0) is 5.82. The molecule has 4 heteroatoms. The summed E-state index contributed by atoms with van der Waals surface area (Å²) in [6.45, 7) is 0. The normalized spacial score (nSPS) is 7.88. The Morgan fingerprint density at radius 1 is 1.62 bits per heavy atom. The molecule has 0 bridgehead atoms. The average Bonchev–Trinajstić information content (AvgIpc) is 1.90. The fraction of sp³-hybridized carbons (Fsp3) is 0. The Hall–Kier alpha value is -1.50. The molecule has 0 saturated heterocycles. The number of rotatable bonds is 0. The molecule has 0 atom stereocenters. The van der Waals surface area contributed by atoms with Gasteiger partial charge in [0.2, 0.25) is 0 Å². The number of nitrogens with zero attached hydrogens (tertiary/aromatic N) is 4. The Morgan fingerprint density at radius 2 is 2.50 bits per heavy atom. The van der Waals surface area contributed by atoms with Crippen molar-refractivity contribution in [3.05, 3.63) is 18.0 Å². The molecule has 0 fully saturated rings. The third-order valence-corrected chi connectivity index (χ3v) is 0.618. The summed E-state index contributed by atoms with van der Waals surface area (Å²) in [6.07, 6.45) is 1.42. The van der Waals surface area contributed by atoms with Crippen LogP contribution < -0.4 is 0 Å². The van der Waals surface area contributed by atoms with Crippen molar-refractivity contribution in [2.24, 2.45) is 0 Å². The maximum atomic E-state index is 8.16. The lowest BCUT2D eigenvalue weighted by Crippen LogP contribution is -1.86. The topological polar surface area (TPSA) is 62.5 Å². The molecular weight excluding hydrogens is 104 g/mol. The van der Waals surface area contributed by atoms with Crippen molar-refractivity contribution in [1.29, 1.82) is 5.26 Å². The van der Waals surface area contributed by atoms with Gasteiger partial charge >= 0.3 is 0 Å². The average molecular weight is 106 g/mol. The second kappa shape index (κ2) is 1.98. The van der Waals surface area contributed by atoms with Crippen LogP contribution in [0.3, 0.4) is 0 Å². The predicted octanol–water partition coefficient (Wildman–Crippen LogP) is -0.257. The van der Waals surface area contributed by atoms with Crippen LogP contribution in [0, 0.1) is 11.3 Å². The molecule has 0 amide bonds. The lowest BCUT2D eigenvalue weighted by molar-refractivity contribution is 0.854. The third kappa shape index (κ3) is 0.763. The van der Waals surface area contributed by atoms with Gasteiger partial charge in [0.25, 0.3) is 0 Å². The quantitative estimate of drug-likeness (QED) is 0.457. The van der Waals surface area contributed by atoms with Gasteiger partial charge in [0, 0.05) is 0 Å². The van der Waals surface area contributed by atoms with Crippen molar-refractivity contribution in [1.82, 2.24) is 15.4 Å². The lowest BCUT2D eigenvalue weighted by atomic mass is 10.5. The molecule has 1 heterocycles. The summed E-state index contributed by atoms with van der Waals surface area (Å²) in [4.78, 5) is 0. The molecule has 8 heavy (non-hydrogen) atoms. The van der Waals surface area contributed by atoms with E-state index < -0.39 is 0 Å². The van der Waals surface area contributed by atoms with E-state index in [2.05, 4.69) is 15.4 Å². The summed E-state index contributed by atoms with van der Waals surface area (Å²) in [5, 5.41) is 18.1. The minimum Gasteiger partial charge on any atom is -0.191 e. The molecule has 0 spiro atoms. The maximum absolute atomic E-state index is 8.16. The molecular formula is C4H2N4. The lowest BCUT2D eigenvalue weighted by Gasteiger charge is -1.76. The molecule has 0 saturated carbocycles. The molecule has 0 N–H and O–H groups in total. The van der Waals surface area contributed by atoms with Gasteiger partial charge in [-0.1, -0.05) is 0 Å². The first kappa shape index (κ1) is 4.65.